The summed E-state index contributed by atoms with van der Waals surface area (Å²) >= 11 is 0. The molecule has 4 heteroatoms. The van der Waals surface area contributed by atoms with Gasteiger partial charge in [-0.15, -0.1) is 0 Å². The first-order valence-electron chi connectivity index (χ1n) is 6.12. The van der Waals surface area contributed by atoms with Gasteiger partial charge in [-0.3, -0.25) is 4.79 Å². The van der Waals surface area contributed by atoms with Crippen LogP contribution in [0.5, 0.6) is 11.5 Å². The summed E-state index contributed by atoms with van der Waals surface area (Å²) in [7, 11) is 1.62. The lowest BCUT2D eigenvalue weighted by molar-refractivity contribution is 0.111. The van der Waals surface area contributed by atoms with E-state index in [9.17, 15) is 4.79 Å². The number of carbonyl (C=O) groups excluding carboxylic acids is 1. The van der Waals surface area contributed by atoms with Gasteiger partial charge < -0.3 is 14.0 Å². The summed E-state index contributed by atoms with van der Waals surface area (Å²) < 4.78 is 12.8. The molecule has 0 aliphatic carbocycles. The highest BCUT2D eigenvalue weighted by Gasteiger charge is 2.05. The molecule has 0 aliphatic heterocycles. The second-order valence-corrected chi connectivity index (χ2v) is 4.25. The zero-order chi connectivity index (χ0) is 13.7. The highest BCUT2D eigenvalue weighted by atomic mass is 16.5. The van der Waals surface area contributed by atoms with Crippen LogP contribution in [-0.4, -0.2) is 24.6 Å². The number of methoxy groups -OCH3 is 1. The lowest BCUT2D eigenvalue weighted by Crippen LogP contribution is -2.10. The van der Waals surface area contributed by atoms with Gasteiger partial charge >= 0.3 is 0 Å². The van der Waals surface area contributed by atoms with Gasteiger partial charge in [0.05, 0.1) is 19.3 Å². The Morgan fingerprint density at radius 3 is 2.84 bits per heavy atom. The summed E-state index contributed by atoms with van der Waals surface area (Å²) in [6.07, 6.45) is 2.70. The molecule has 19 heavy (non-hydrogen) atoms. The van der Waals surface area contributed by atoms with E-state index in [0.29, 0.717) is 24.6 Å². The number of ether oxygens (including phenoxy) is 2. The van der Waals surface area contributed by atoms with Crippen molar-refractivity contribution in [3.05, 3.63) is 47.8 Å². The molecule has 0 bridgehead atoms. The summed E-state index contributed by atoms with van der Waals surface area (Å²) in [4.78, 5) is 10.8. The Hall–Kier alpha value is -2.23. The number of nitrogens with zero attached hydrogens (tertiary/aromatic N) is 1. The van der Waals surface area contributed by atoms with Crippen LogP contribution in [0.15, 0.2) is 36.5 Å². The van der Waals surface area contributed by atoms with Crippen LogP contribution in [-0.2, 0) is 6.54 Å². The van der Waals surface area contributed by atoms with Crippen molar-refractivity contribution < 1.29 is 14.3 Å². The first kappa shape index (κ1) is 13.2. The zero-order valence-electron chi connectivity index (χ0n) is 11.1. The van der Waals surface area contributed by atoms with Gasteiger partial charge in [-0.05, 0) is 36.8 Å². The monoisotopic (exact) mass is 259 g/mol. The van der Waals surface area contributed by atoms with E-state index in [1.54, 1.807) is 13.2 Å². The smallest absolute Gasteiger partial charge is 0.166 e. The van der Waals surface area contributed by atoms with Crippen molar-refractivity contribution in [1.29, 1.82) is 0 Å². The molecular formula is C15H17NO3. The number of carbonyl (C=O) groups is 1. The maximum absolute atomic E-state index is 10.8. The number of aldehydes is 1. The molecule has 1 heterocycles. The average molecular weight is 259 g/mol. The molecule has 0 aliphatic rings. The van der Waals surface area contributed by atoms with E-state index in [1.165, 1.54) is 0 Å². The maximum atomic E-state index is 10.8. The fraction of sp³-hybridized carbons (Fsp3) is 0.267. The SMILES string of the molecule is COc1cc(C)ccc1OCCn1cccc1C=O. The summed E-state index contributed by atoms with van der Waals surface area (Å²) in [6, 6.07) is 9.42. The van der Waals surface area contributed by atoms with E-state index in [1.807, 2.05) is 42.0 Å². The molecule has 1 aromatic heterocycles. The molecule has 2 aromatic rings. The molecule has 0 saturated carbocycles. The van der Waals surface area contributed by atoms with E-state index in [2.05, 4.69) is 0 Å². The molecular weight excluding hydrogens is 242 g/mol. The largest absolute Gasteiger partial charge is 0.493 e. The van der Waals surface area contributed by atoms with Crippen molar-refractivity contribution in [2.45, 2.75) is 13.5 Å². The lowest BCUT2D eigenvalue weighted by Gasteiger charge is -2.12. The first-order valence-corrected chi connectivity index (χ1v) is 6.12. The van der Waals surface area contributed by atoms with Crippen molar-refractivity contribution in [2.75, 3.05) is 13.7 Å². The third kappa shape index (κ3) is 3.16. The van der Waals surface area contributed by atoms with Crippen molar-refractivity contribution in [3.63, 3.8) is 0 Å². The maximum Gasteiger partial charge on any atom is 0.166 e. The highest BCUT2D eigenvalue weighted by molar-refractivity contribution is 5.72. The number of hydrogen-bond acceptors (Lipinski definition) is 3. The Morgan fingerprint density at radius 2 is 2.11 bits per heavy atom. The van der Waals surface area contributed by atoms with Gasteiger partial charge in [0.1, 0.15) is 6.61 Å². The fourth-order valence-corrected chi connectivity index (χ4v) is 1.89. The predicted octanol–water partition coefficient (Wildman–Crippen LogP) is 2.70. The van der Waals surface area contributed by atoms with Crippen LogP contribution >= 0.6 is 0 Å². The Labute approximate surface area is 112 Å². The van der Waals surface area contributed by atoms with Crippen LogP contribution in [0.3, 0.4) is 0 Å². The second-order valence-electron chi connectivity index (χ2n) is 4.25. The molecule has 0 radical (unpaired) electrons. The van der Waals surface area contributed by atoms with Gasteiger partial charge in [-0.1, -0.05) is 6.07 Å². The summed E-state index contributed by atoms with van der Waals surface area (Å²) in [6.45, 7) is 3.11. The topological polar surface area (TPSA) is 40.5 Å². The molecule has 4 nitrogen and oxygen atoms in total. The summed E-state index contributed by atoms with van der Waals surface area (Å²) in [5, 5.41) is 0. The van der Waals surface area contributed by atoms with Crippen molar-refractivity contribution in [3.8, 4) is 11.5 Å². The van der Waals surface area contributed by atoms with Gasteiger partial charge in [0.2, 0.25) is 0 Å². The normalized spacial score (nSPS) is 10.2. The molecule has 0 atom stereocenters. The number of aromatic nitrogens is 1. The van der Waals surface area contributed by atoms with Gasteiger partial charge in [0.15, 0.2) is 17.8 Å². The molecule has 2 rings (SSSR count). The summed E-state index contributed by atoms with van der Waals surface area (Å²) in [5.41, 5.74) is 1.78. The van der Waals surface area contributed by atoms with E-state index < -0.39 is 0 Å². The van der Waals surface area contributed by atoms with Crippen molar-refractivity contribution >= 4 is 6.29 Å². The van der Waals surface area contributed by atoms with Crippen LogP contribution in [0.25, 0.3) is 0 Å². The standard InChI is InChI=1S/C15H17NO3/c1-12-5-6-14(15(10-12)18-2)19-9-8-16-7-3-4-13(16)11-17/h3-7,10-11H,8-9H2,1-2H3. The van der Waals surface area contributed by atoms with Gasteiger partial charge in [0.25, 0.3) is 0 Å². The molecule has 1 aromatic carbocycles. The van der Waals surface area contributed by atoms with E-state index in [4.69, 9.17) is 9.47 Å². The van der Waals surface area contributed by atoms with E-state index >= 15 is 0 Å². The number of rotatable bonds is 6. The van der Waals surface area contributed by atoms with E-state index in [0.717, 1.165) is 17.6 Å². The van der Waals surface area contributed by atoms with Crippen LogP contribution in [0.2, 0.25) is 0 Å². The third-order valence-corrected chi connectivity index (χ3v) is 2.89. The fourth-order valence-electron chi connectivity index (χ4n) is 1.89. The third-order valence-electron chi connectivity index (χ3n) is 2.89. The molecule has 0 unspecified atom stereocenters. The molecule has 100 valence electrons. The summed E-state index contributed by atoms with van der Waals surface area (Å²) in [5.74, 6) is 1.44. The average Bonchev–Trinajstić information content (AvgIpc) is 2.87. The predicted molar refractivity (Wildman–Crippen MR) is 73.0 cm³/mol. The van der Waals surface area contributed by atoms with Gasteiger partial charge in [-0.25, -0.2) is 0 Å². The van der Waals surface area contributed by atoms with Crippen molar-refractivity contribution in [1.82, 2.24) is 4.57 Å². The van der Waals surface area contributed by atoms with Crippen LogP contribution in [0, 0.1) is 6.92 Å². The first-order chi connectivity index (χ1) is 9.24. The molecule has 0 amide bonds. The minimum atomic E-state index is 0.481. The quantitative estimate of drug-likeness (QED) is 0.749. The second kappa shape index (κ2) is 6.09. The zero-order valence-corrected chi connectivity index (χ0v) is 11.1. The van der Waals surface area contributed by atoms with Gasteiger partial charge in [0, 0.05) is 6.20 Å². The Morgan fingerprint density at radius 1 is 1.26 bits per heavy atom. The van der Waals surface area contributed by atoms with Gasteiger partial charge in [-0.2, -0.15) is 0 Å². The number of aryl methyl sites for hydroxylation is 1. The van der Waals surface area contributed by atoms with Crippen LogP contribution in [0.4, 0.5) is 0 Å². The van der Waals surface area contributed by atoms with Crippen LogP contribution < -0.4 is 9.47 Å². The highest BCUT2D eigenvalue weighted by Crippen LogP contribution is 2.27. The Balaban J connectivity index is 1.98. The van der Waals surface area contributed by atoms with E-state index in [-0.39, 0.29) is 0 Å². The minimum absolute atomic E-state index is 0.481. The number of hydrogen-bond donors (Lipinski definition) is 0. The van der Waals surface area contributed by atoms with Crippen molar-refractivity contribution in [2.24, 2.45) is 0 Å². The Kier molecular flexibility index (Phi) is 4.23. The lowest BCUT2D eigenvalue weighted by atomic mass is 10.2. The van der Waals surface area contributed by atoms with Crippen LogP contribution in [0.1, 0.15) is 16.1 Å². The molecule has 0 fully saturated rings. The molecule has 0 spiro atoms. The number of benzene rings is 1. The molecule has 0 N–H and O–H groups in total. The Bertz CT molecular complexity index is 560. The minimum Gasteiger partial charge on any atom is -0.493 e. The molecule has 0 saturated heterocycles.